The number of pyridine rings is 1. The van der Waals surface area contributed by atoms with Crippen molar-refractivity contribution in [3.63, 3.8) is 0 Å². The van der Waals surface area contributed by atoms with E-state index >= 15 is 0 Å². The number of piperidine rings is 1. The molecule has 1 aliphatic heterocycles. The largest absolute Gasteiger partial charge is 0.348 e. The molecular weight excluding hydrogens is 293 g/mol. The summed E-state index contributed by atoms with van der Waals surface area (Å²) in [5.41, 5.74) is 1.59. The molecule has 1 aromatic carbocycles. The summed E-state index contributed by atoms with van der Waals surface area (Å²) in [5, 5.41) is 3.08. The molecule has 0 saturated carbocycles. The third-order valence-electron chi connectivity index (χ3n) is 4.08. The van der Waals surface area contributed by atoms with Crippen LogP contribution in [0.25, 0.3) is 0 Å². The topological polar surface area (TPSA) is 45.2 Å². The van der Waals surface area contributed by atoms with Crippen molar-refractivity contribution in [3.05, 3.63) is 65.7 Å². The van der Waals surface area contributed by atoms with E-state index in [1.165, 1.54) is 6.07 Å². The predicted octanol–water partition coefficient (Wildman–Crippen LogP) is 2.62. The van der Waals surface area contributed by atoms with Crippen LogP contribution in [0.4, 0.5) is 4.39 Å². The number of carbonyl (C=O) groups excluding carboxylic acids is 1. The summed E-state index contributed by atoms with van der Waals surface area (Å²) in [7, 11) is 0. The summed E-state index contributed by atoms with van der Waals surface area (Å²) in [5.74, 6) is -0.271. The van der Waals surface area contributed by atoms with Gasteiger partial charge in [0.05, 0.1) is 0 Å². The molecule has 1 N–H and O–H groups in total. The van der Waals surface area contributed by atoms with Crippen molar-refractivity contribution in [2.75, 3.05) is 13.1 Å². The predicted molar refractivity (Wildman–Crippen MR) is 86.4 cm³/mol. The number of likely N-dealkylation sites (tertiary alicyclic amines) is 1. The van der Waals surface area contributed by atoms with Crippen molar-refractivity contribution in [2.24, 2.45) is 0 Å². The fourth-order valence-electron chi connectivity index (χ4n) is 2.98. The van der Waals surface area contributed by atoms with Gasteiger partial charge in [0.1, 0.15) is 5.82 Å². The Morgan fingerprint density at radius 2 is 2.13 bits per heavy atom. The van der Waals surface area contributed by atoms with Gasteiger partial charge in [-0.2, -0.15) is 0 Å². The molecule has 1 unspecified atom stereocenters. The van der Waals surface area contributed by atoms with Gasteiger partial charge in [-0.3, -0.25) is 14.7 Å². The first-order valence-electron chi connectivity index (χ1n) is 7.88. The van der Waals surface area contributed by atoms with Crippen molar-refractivity contribution in [3.8, 4) is 0 Å². The number of halogens is 1. The van der Waals surface area contributed by atoms with Crippen LogP contribution in [0, 0.1) is 5.82 Å². The van der Waals surface area contributed by atoms with Crippen LogP contribution in [-0.4, -0.2) is 34.9 Å². The van der Waals surface area contributed by atoms with Crippen molar-refractivity contribution in [1.29, 1.82) is 0 Å². The number of benzene rings is 1. The van der Waals surface area contributed by atoms with Crippen molar-refractivity contribution < 1.29 is 9.18 Å². The first kappa shape index (κ1) is 15.6. The monoisotopic (exact) mass is 313 g/mol. The lowest BCUT2D eigenvalue weighted by molar-refractivity contribution is 0.0900. The highest BCUT2D eigenvalue weighted by Crippen LogP contribution is 2.15. The Morgan fingerprint density at radius 1 is 1.30 bits per heavy atom. The molecule has 1 aliphatic rings. The maximum absolute atomic E-state index is 13.3. The van der Waals surface area contributed by atoms with Crippen LogP contribution in [0.5, 0.6) is 0 Å². The molecule has 1 atom stereocenters. The standard InChI is InChI=1S/C18H20FN3O/c19-16-4-1-3-14(11-16)12-22-10-2-5-17(13-22)21-18(23)15-6-8-20-9-7-15/h1,3-4,6-9,11,17H,2,5,10,12-13H2,(H,21,23). The zero-order chi connectivity index (χ0) is 16.1. The van der Waals surface area contributed by atoms with Gasteiger partial charge in [0, 0.05) is 37.1 Å². The van der Waals surface area contributed by atoms with Gasteiger partial charge in [0.25, 0.3) is 5.91 Å². The van der Waals surface area contributed by atoms with Crippen LogP contribution in [-0.2, 0) is 6.54 Å². The van der Waals surface area contributed by atoms with Gasteiger partial charge in [0.2, 0.25) is 0 Å². The minimum absolute atomic E-state index is 0.0648. The van der Waals surface area contributed by atoms with Crippen molar-refractivity contribution >= 4 is 5.91 Å². The molecule has 23 heavy (non-hydrogen) atoms. The molecule has 120 valence electrons. The maximum Gasteiger partial charge on any atom is 0.251 e. The quantitative estimate of drug-likeness (QED) is 0.944. The van der Waals surface area contributed by atoms with Crippen LogP contribution in [0.1, 0.15) is 28.8 Å². The Bertz CT molecular complexity index is 662. The van der Waals surface area contributed by atoms with Gasteiger partial charge in [0.15, 0.2) is 0 Å². The Balaban J connectivity index is 1.57. The summed E-state index contributed by atoms with van der Waals surface area (Å²) < 4.78 is 13.3. The highest BCUT2D eigenvalue weighted by atomic mass is 19.1. The van der Waals surface area contributed by atoms with E-state index in [2.05, 4.69) is 15.2 Å². The van der Waals surface area contributed by atoms with Gasteiger partial charge >= 0.3 is 0 Å². The summed E-state index contributed by atoms with van der Waals surface area (Å²) >= 11 is 0. The smallest absolute Gasteiger partial charge is 0.251 e. The van der Waals surface area contributed by atoms with E-state index in [4.69, 9.17) is 0 Å². The summed E-state index contributed by atoms with van der Waals surface area (Å²) in [6, 6.07) is 10.2. The number of rotatable bonds is 4. The zero-order valence-electron chi connectivity index (χ0n) is 12.9. The van der Waals surface area contributed by atoms with Gasteiger partial charge < -0.3 is 5.32 Å². The molecule has 1 fully saturated rings. The second-order valence-corrected chi connectivity index (χ2v) is 5.91. The third kappa shape index (κ3) is 4.36. The molecule has 1 saturated heterocycles. The number of nitrogens with zero attached hydrogens (tertiary/aromatic N) is 2. The van der Waals surface area contributed by atoms with E-state index in [0.29, 0.717) is 12.1 Å². The molecule has 0 spiro atoms. The molecule has 1 aromatic heterocycles. The van der Waals surface area contributed by atoms with Crippen LogP contribution in [0.2, 0.25) is 0 Å². The molecule has 2 aromatic rings. The molecule has 1 amide bonds. The summed E-state index contributed by atoms with van der Waals surface area (Å²) in [4.78, 5) is 18.4. The van der Waals surface area contributed by atoms with Gasteiger partial charge in [-0.1, -0.05) is 12.1 Å². The molecular formula is C18H20FN3O. The average Bonchev–Trinajstić information content (AvgIpc) is 2.56. The fraction of sp³-hybridized carbons (Fsp3) is 0.333. The molecule has 4 nitrogen and oxygen atoms in total. The summed E-state index contributed by atoms with van der Waals surface area (Å²) in [6.07, 6.45) is 5.23. The maximum atomic E-state index is 13.3. The lowest BCUT2D eigenvalue weighted by Gasteiger charge is -2.33. The molecule has 3 rings (SSSR count). The van der Waals surface area contributed by atoms with E-state index in [1.807, 2.05) is 6.07 Å². The number of hydrogen-bond donors (Lipinski definition) is 1. The first-order chi connectivity index (χ1) is 11.2. The second kappa shape index (κ2) is 7.33. The number of carbonyl (C=O) groups is 1. The number of hydrogen-bond acceptors (Lipinski definition) is 3. The van der Waals surface area contributed by atoms with E-state index in [0.717, 1.165) is 31.5 Å². The number of amides is 1. The SMILES string of the molecule is O=C(NC1CCCN(Cc2cccc(F)c2)C1)c1ccncc1. The molecule has 0 radical (unpaired) electrons. The minimum Gasteiger partial charge on any atom is -0.348 e. The molecule has 5 heteroatoms. The Labute approximate surface area is 135 Å². The highest BCUT2D eigenvalue weighted by molar-refractivity contribution is 5.94. The zero-order valence-corrected chi connectivity index (χ0v) is 12.9. The Morgan fingerprint density at radius 3 is 2.91 bits per heavy atom. The van der Waals surface area contributed by atoms with E-state index in [1.54, 1.807) is 36.7 Å². The van der Waals surface area contributed by atoms with Crippen LogP contribution in [0.15, 0.2) is 48.8 Å². The molecule has 0 bridgehead atoms. The van der Waals surface area contributed by atoms with Crippen molar-refractivity contribution in [2.45, 2.75) is 25.4 Å². The molecule has 2 heterocycles. The number of aromatic nitrogens is 1. The normalized spacial score (nSPS) is 18.6. The van der Waals surface area contributed by atoms with Gasteiger partial charge in [-0.25, -0.2) is 4.39 Å². The minimum atomic E-state index is -0.206. The van der Waals surface area contributed by atoms with Crippen LogP contribution >= 0.6 is 0 Å². The van der Waals surface area contributed by atoms with Gasteiger partial charge in [-0.05, 0) is 49.2 Å². The van der Waals surface area contributed by atoms with Crippen LogP contribution in [0.3, 0.4) is 0 Å². The van der Waals surface area contributed by atoms with E-state index in [9.17, 15) is 9.18 Å². The summed E-state index contributed by atoms with van der Waals surface area (Å²) in [6.45, 7) is 2.46. The third-order valence-corrected chi connectivity index (χ3v) is 4.08. The average molecular weight is 313 g/mol. The second-order valence-electron chi connectivity index (χ2n) is 5.91. The fourth-order valence-corrected chi connectivity index (χ4v) is 2.98. The Kier molecular flexibility index (Phi) is 4.98. The molecule has 0 aliphatic carbocycles. The lowest BCUT2D eigenvalue weighted by atomic mass is 10.0. The van der Waals surface area contributed by atoms with E-state index < -0.39 is 0 Å². The van der Waals surface area contributed by atoms with Gasteiger partial charge in [-0.15, -0.1) is 0 Å². The first-order valence-corrected chi connectivity index (χ1v) is 7.88. The number of nitrogens with one attached hydrogen (secondary N) is 1. The highest BCUT2D eigenvalue weighted by Gasteiger charge is 2.22. The van der Waals surface area contributed by atoms with Crippen LogP contribution < -0.4 is 5.32 Å². The lowest BCUT2D eigenvalue weighted by Crippen LogP contribution is -2.47. The van der Waals surface area contributed by atoms with E-state index in [-0.39, 0.29) is 17.8 Å². The Hall–Kier alpha value is -2.27. The van der Waals surface area contributed by atoms with Crippen molar-refractivity contribution in [1.82, 2.24) is 15.2 Å².